The highest BCUT2D eigenvalue weighted by molar-refractivity contribution is 6.46. The molecule has 1 N–H and O–H groups in total. The van der Waals surface area contributed by atoms with E-state index in [9.17, 15) is 19.1 Å². The van der Waals surface area contributed by atoms with Gasteiger partial charge >= 0.3 is 0 Å². The maximum Gasteiger partial charge on any atom is 0.295 e. The van der Waals surface area contributed by atoms with Crippen molar-refractivity contribution in [3.8, 4) is 11.5 Å². The van der Waals surface area contributed by atoms with Gasteiger partial charge in [0.2, 0.25) is 0 Å². The predicted octanol–water partition coefficient (Wildman–Crippen LogP) is 7.14. The molecule has 5 rings (SSSR count). The van der Waals surface area contributed by atoms with Crippen LogP contribution < -0.4 is 9.47 Å². The number of hydrogen-bond acceptors (Lipinski definition) is 6. The third kappa shape index (κ3) is 7.82. The van der Waals surface area contributed by atoms with E-state index in [2.05, 4.69) is 18.7 Å². The van der Waals surface area contributed by atoms with Gasteiger partial charge in [-0.1, -0.05) is 68.4 Å². The molecular weight excluding hydrogens is 583 g/mol. The van der Waals surface area contributed by atoms with Crippen LogP contribution in [0.15, 0.2) is 109 Å². The van der Waals surface area contributed by atoms with Crippen molar-refractivity contribution < 1.29 is 28.6 Å². The lowest BCUT2D eigenvalue weighted by atomic mass is 9.95. The molecule has 0 aromatic heterocycles. The molecule has 1 aliphatic heterocycles. The molecule has 4 aromatic carbocycles. The zero-order valence-electron chi connectivity index (χ0n) is 26.2. The Bertz CT molecular complexity index is 1630. The van der Waals surface area contributed by atoms with E-state index >= 15 is 0 Å². The van der Waals surface area contributed by atoms with E-state index in [4.69, 9.17) is 9.47 Å². The van der Waals surface area contributed by atoms with Crippen LogP contribution in [0.25, 0.3) is 5.76 Å². The van der Waals surface area contributed by atoms with Crippen molar-refractivity contribution in [3.05, 3.63) is 137 Å². The van der Waals surface area contributed by atoms with E-state index in [0.717, 1.165) is 30.8 Å². The van der Waals surface area contributed by atoms with Gasteiger partial charge in [-0.3, -0.25) is 9.59 Å². The molecule has 1 aliphatic rings. The van der Waals surface area contributed by atoms with E-state index in [-0.39, 0.29) is 23.8 Å². The molecule has 0 saturated carbocycles. The van der Waals surface area contributed by atoms with Gasteiger partial charge < -0.3 is 24.4 Å². The lowest BCUT2D eigenvalue weighted by Crippen LogP contribution is -2.33. The van der Waals surface area contributed by atoms with Gasteiger partial charge in [0, 0.05) is 12.1 Å². The van der Waals surface area contributed by atoms with E-state index in [1.165, 1.54) is 12.1 Å². The number of ketones is 1. The molecular formula is C38H39FN2O5. The summed E-state index contributed by atoms with van der Waals surface area (Å²) in [4.78, 5) is 30.8. The van der Waals surface area contributed by atoms with Crippen molar-refractivity contribution in [1.82, 2.24) is 9.80 Å². The number of carbonyl (C=O) groups is 2. The minimum absolute atomic E-state index is 0.0470. The minimum Gasteiger partial charge on any atom is -0.507 e. The average molecular weight is 623 g/mol. The first-order valence-electron chi connectivity index (χ1n) is 15.6. The Balaban J connectivity index is 1.39. The number of aliphatic hydroxyl groups excluding tert-OH is 1. The number of aliphatic hydroxyl groups is 1. The number of likely N-dealkylation sites (tertiary alicyclic amines) is 1. The molecule has 1 saturated heterocycles. The molecule has 46 heavy (non-hydrogen) atoms. The molecule has 4 aromatic rings. The van der Waals surface area contributed by atoms with Gasteiger partial charge in [-0.2, -0.15) is 0 Å². The number of Topliss-reactive ketones (excluding diaryl/α,β-unsaturated/α-hetero) is 1. The number of halogens is 1. The summed E-state index contributed by atoms with van der Waals surface area (Å²) >= 11 is 0. The van der Waals surface area contributed by atoms with Crippen LogP contribution in [-0.2, 0) is 22.8 Å². The zero-order chi connectivity index (χ0) is 32.5. The molecule has 1 amide bonds. The first-order chi connectivity index (χ1) is 22.4. The maximum atomic E-state index is 13.5. The Morgan fingerprint density at radius 1 is 0.783 bits per heavy atom. The van der Waals surface area contributed by atoms with Crippen LogP contribution in [0, 0.1) is 5.82 Å². The predicted molar refractivity (Wildman–Crippen MR) is 176 cm³/mol. The second-order valence-corrected chi connectivity index (χ2v) is 11.2. The molecule has 0 spiro atoms. The number of benzene rings is 4. The average Bonchev–Trinajstić information content (AvgIpc) is 3.34. The Labute approximate surface area is 269 Å². The van der Waals surface area contributed by atoms with Crippen molar-refractivity contribution >= 4 is 17.4 Å². The number of ether oxygens (including phenoxy) is 2. The quantitative estimate of drug-likeness (QED) is 0.0916. The lowest BCUT2D eigenvalue weighted by molar-refractivity contribution is -0.140. The monoisotopic (exact) mass is 622 g/mol. The van der Waals surface area contributed by atoms with Crippen LogP contribution in [-0.4, -0.2) is 52.8 Å². The summed E-state index contributed by atoms with van der Waals surface area (Å²) in [6.45, 7) is 7.79. The third-order valence-corrected chi connectivity index (χ3v) is 8.20. The van der Waals surface area contributed by atoms with Crippen LogP contribution in [0.1, 0.15) is 48.6 Å². The van der Waals surface area contributed by atoms with Gasteiger partial charge in [0.15, 0.2) is 0 Å². The summed E-state index contributed by atoms with van der Waals surface area (Å²) < 4.78 is 25.0. The number of hydrogen-bond donors (Lipinski definition) is 1. The Kier molecular flexibility index (Phi) is 10.8. The van der Waals surface area contributed by atoms with E-state index in [1.807, 2.05) is 54.6 Å². The molecule has 238 valence electrons. The number of nitrogens with zero attached hydrogens (tertiary/aromatic N) is 2. The SMILES string of the molecule is CCN(CC)CCCN1C(=O)C(=O)C(=C(O)c2ccc(OCc3ccc(F)cc3)cc2)[C@@H]1c1ccc(OCc2ccccc2)cc1. The summed E-state index contributed by atoms with van der Waals surface area (Å²) in [5.74, 6) is -0.711. The second kappa shape index (κ2) is 15.4. The Morgan fingerprint density at radius 3 is 1.93 bits per heavy atom. The molecule has 1 fully saturated rings. The highest BCUT2D eigenvalue weighted by Crippen LogP contribution is 2.40. The van der Waals surface area contributed by atoms with Gasteiger partial charge in [0.25, 0.3) is 11.7 Å². The van der Waals surface area contributed by atoms with Crippen molar-refractivity contribution in [3.63, 3.8) is 0 Å². The van der Waals surface area contributed by atoms with E-state index in [1.54, 1.807) is 41.3 Å². The summed E-state index contributed by atoms with van der Waals surface area (Å²) in [5.41, 5.74) is 3.00. The topological polar surface area (TPSA) is 79.3 Å². The molecule has 0 radical (unpaired) electrons. The van der Waals surface area contributed by atoms with Gasteiger partial charge in [0.1, 0.15) is 36.3 Å². The molecule has 1 heterocycles. The zero-order valence-corrected chi connectivity index (χ0v) is 26.2. The van der Waals surface area contributed by atoms with Crippen molar-refractivity contribution in [2.45, 2.75) is 39.5 Å². The summed E-state index contributed by atoms with van der Waals surface area (Å²) in [6.07, 6.45) is 0.684. The second-order valence-electron chi connectivity index (χ2n) is 11.2. The van der Waals surface area contributed by atoms with Crippen molar-refractivity contribution in [2.24, 2.45) is 0 Å². The fraction of sp³-hybridized carbons (Fsp3) is 0.263. The molecule has 7 nitrogen and oxygen atoms in total. The normalized spacial score (nSPS) is 15.8. The highest BCUT2D eigenvalue weighted by atomic mass is 19.1. The molecule has 8 heteroatoms. The van der Waals surface area contributed by atoms with Crippen LogP contribution in [0.2, 0.25) is 0 Å². The van der Waals surface area contributed by atoms with Gasteiger partial charge in [-0.15, -0.1) is 0 Å². The molecule has 0 aliphatic carbocycles. The van der Waals surface area contributed by atoms with Crippen LogP contribution in [0.3, 0.4) is 0 Å². The summed E-state index contributed by atoms with van der Waals surface area (Å²) in [7, 11) is 0. The number of carbonyl (C=O) groups excluding carboxylic acids is 2. The van der Waals surface area contributed by atoms with Crippen LogP contribution >= 0.6 is 0 Å². The number of rotatable bonds is 14. The highest BCUT2D eigenvalue weighted by Gasteiger charge is 2.45. The third-order valence-electron chi connectivity index (χ3n) is 8.20. The Hall–Kier alpha value is -4.95. The maximum absolute atomic E-state index is 13.5. The first kappa shape index (κ1) is 32.4. The van der Waals surface area contributed by atoms with Gasteiger partial charge in [-0.25, -0.2) is 4.39 Å². The molecule has 0 unspecified atom stereocenters. The largest absolute Gasteiger partial charge is 0.507 e. The summed E-state index contributed by atoms with van der Waals surface area (Å²) in [5, 5.41) is 11.5. The van der Waals surface area contributed by atoms with Gasteiger partial charge in [-0.05, 0) is 91.3 Å². The number of amides is 1. The van der Waals surface area contributed by atoms with E-state index in [0.29, 0.717) is 42.2 Å². The van der Waals surface area contributed by atoms with Crippen molar-refractivity contribution in [2.75, 3.05) is 26.2 Å². The van der Waals surface area contributed by atoms with Gasteiger partial charge in [0.05, 0.1) is 11.6 Å². The summed E-state index contributed by atoms with van der Waals surface area (Å²) in [6, 6.07) is 29.2. The minimum atomic E-state index is -0.755. The molecule has 0 bridgehead atoms. The fourth-order valence-corrected chi connectivity index (χ4v) is 5.56. The van der Waals surface area contributed by atoms with Crippen LogP contribution in [0.5, 0.6) is 11.5 Å². The smallest absolute Gasteiger partial charge is 0.295 e. The standard InChI is InChI=1S/C38H39FN2O5/c1-3-40(4-2)23-8-24-41-35(29-13-19-32(20-14-29)45-25-27-9-6-5-7-10-27)34(37(43)38(41)44)36(42)30-15-21-33(22-16-30)46-26-28-11-17-31(39)18-12-28/h5-7,9-22,35,42H,3-4,8,23-26H2,1-2H3/t35-/m0/s1. The van der Waals surface area contributed by atoms with Crippen LogP contribution in [0.4, 0.5) is 4.39 Å². The lowest BCUT2D eigenvalue weighted by Gasteiger charge is -2.27. The van der Waals surface area contributed by atoms with Crippen molar-refractivity contribution in [1.29, 1.82) is 0 Å². The first-order valence-corrected chi connectivity index (χ1v) is 15.6. The fourth-order valence-electron chi connectivity index (χ4n) is 5.56. The van der Waals surface area contributed by atoms with E-state index < -0.39 is 17.7 Å². The molecule has 1 atom stereocenters. The Morgan fingerprint density at radius 2 is 1.35 bits per heavy atom.